The van der Waals surface area contributed by atoms with Crippen molar-refractivity contribution in [1.29, 1.82) is 0 Å². The zero-order chi connectivity index (χ0) is 11.7. The lowest BCUT2D eigenvalue weighted by molar-refractivity contribution is 0.0690. The minimum atomic E-state index is -1.04. The standard InChI is InChI=1S/C11H9ClN2O2/c1-7-8(12)3-2-4-10(7)14-6-5-9(13-14)11(15)16/h2-6H,1H3,(H,15,16). The Morgan fingerprint density at radius 2 is 2.19 bits per heavy atom. The van der Waals surface area contributed by atoms with Crippen molar-refractivity contribution in [1.82, 2.24) is 9.78 Å². The van der Waals surface area contributed by atoms with E-state index < -0.39 is 5.97 Å². The summed E-state index contributed by atoms with van der Waals surface area (Å²) < 4.78 is 1.50. The normalized spacial score (nSPS) is 10.4. The number of hydrogen-bond donors (Lipinski definition) is 1. The van der Waals surface area contributed by atoms with Gasteiger partial charge in [-0.1, -0.05) is 17.7 Å². The molecule has 0 atom stereocenters. The molecule has 5 heteroatoms. The van der Waals surface area contributed by atoms with Gasteiger partial charge < -0.3 is 5.11 Å². The van der Waals surface area contributed by atoms with Crippen LogP contribution in [0.25, 0.3) is 5.69 Å². The topological polar surface area (TPSA) is 55.1 Å². The van der Waals surface area contributed by atoms with E-state index in [1.165, 1.54) is 10.7 Å². The molecule has 1 heterocycles. The molecule has 1 aromatic carbocycles. The van der Waals surface area contributed by atoms with E-state index in [2.05, 4.69) is 5.10 Å². The van der Waals surface area contributed by atoms with Crippen molar-refractivity contribution in [2.75, 3.05) is 0 Å². The van der Waals surface area contributed by atoms with Crippen LogP contribution in [0.3, 0.4) is 0 Å². The van der Waals surface area contributed by atoms with E-state index >= 15 is 0 Å². The average Bonchev–Trinajstić information content (AvgIpc) is 2.71. The lowest BCUT2D eigenvalue weighted by atomic mass is 10.2. The van der Waals surface area contributed by atoms with Crippen LogP contribution in [0.5, 0.6) is 0 Å². The van der Waals surface area contributed by atoms with Gasteiger partial charge in [-0.3, -0.25) is 0 Å². The van der Waals surface area contributed by atoms with Crippen LogP contribution in [0.1, 0.15) is 16.1 Å². The maximum absolute atomic E-state index is 10.7. The van der Waals surface area contributed by atoms with E-state index in [-0.39, 0.29) is 5.69 Å². The number of aromatic nitrogens is 2. The molecule has 0 aliphatic carbocycles. The molecule has 1 aromatic heterocycles. The predicted molar refractivity (Wildman–Crippen MR) is 60.3 cm³/mol. The van der Waals surface area contributed by atoms with Gasteiger partial charge in [-0.25, -0.2) is 9.48 Å². The predicted octanol–water partition coefficient (Wildman–Crippen LogP) is 2.53. The van der Waals surface area contributed by atoms with Crippen molar-refractivity contribution in [3.05, 3.63) is 46.7 Å². The van der Waals surface area contributed by atoms with Crippen LogP contribution < -0.4 is 0 Å². The number of carbonyl (C=O) groups is 1. The number of aromatic carboxylic acids is 1. The van der Waals surface area contributed by atoms with E-state index in [9.17, 15) is 4.79 Å². The van der Waals surface area contributed by atoms with Gasteiger partial charge in [0.1, 0.15) is 0 Å². The third-order valence-electron chi connectivity index (χ3n) is 2.29. The summed E-state index contributed by atoms with van der Waals surface area (Å²) in [6.45, 7) is 1.86. The summed E-state index contributed by atoms with van der Waals surface area (Å²) in [5.74, 6) is -1.04. The molecule has 82 valence electrons. The molecule has 0 fully saturated rings. The van der Waals surface area contributed by atoms with E-state index in [4.69, 9.17) is 16.7 Å². The minimum absolute atomic E-state index is 0.0133. The lowest BCUT2D eigenvalue weighted by Crippen LogP contribution is -2.02. The fraction of sp³-hybridized carbons (Fsp3) is 0.0909. The maximum Gasteiger partial charge on any atom is 0.356 e. The van der Waals surface area contributed by atoms with Gasteiger partial charge in [0.25, 0.3) is 0 Å². The third kappa shape index (κ3) is 1.79. The van der Waals surface area contributed by atoms with Gasteiger partial charge in [-0.2, -0.15) is 5.10 Å². The quantitative estimate of drug-likeness (QED) is 0.872. The molecule has 2 rings (SSSR count). The Kier molecular flexibility index (Phi) is 2.66. The van der Waals surface area contributed by atoms with E-state index in [0.29, 0.717) is 5.02 Å². The van der Waals surface area contributed by atoms with E-state index in [1.807, 2.05) is 13.0 Å². The van der Waals surface area contributed by atoms with Crippen LogP contribution in [-0.4, -0.2) is 20.9 Å². The number of nitrogens with zero attached hydrogens (tertiary/aromatic N) is 2. The molecular weight excluding hydrogens is 228 g/mol. The van der Waals surface area contributed by atoms with Crippen LogP contribution in [-0.2, 0) is 0 Å². The zero-order valence-electron chi connectivity index (χ0n) is 8.51. The monoisotopic (exact) mass is 236 g/mol. The van der Waals surface area contributed by atoms with Crippen molar-refractivity contribution >= 4 is 17.6 Å². The molecule has 0 radical (unpaired) electrons. The second-order valence-corrected chi connectivity index (χ2v) is 3.74. The molecule has 2 aromatic rings. The van der Waals surface area contributed by atoms with Gasteiger partial charge in [0.15, 0.2) is 5.69 Å². The van der Waals surface area contributed by atoms with E-state index in [0.717, 1.165) is 11.3 Å². The molecule has 1 N–H and O–H groups in total. The van der Waals surface area contributed by atoms with Crippen LogP contribution in [0, 0.1) is 6.92 Å². The van der Waals surface area contributed by atoms with Crippen LogP contribution in [0.15, 0.2) is 30.5 Å². The largest absolute Gasteiger partial charge is 0.476 e. The number of carboxylic acids is 1. The fourth-order valence-electron chi connectivity index (χ4n) is 1.42. The Balaban J connectivity index is 2.50. The van der Waals surface area contributed by atoms with Gasteiger partial charge in [0.2, 0.25) is 0 Å². The second kappa shape index (κ2) is 3.98. The summed E-state index contributed by atoms with van der Waals surface area (Å²) in [7, 11) is 0. The smallest absolute Gasteiger partial charge is 0.356 e. The van der Waals surface area contributed by atoms with Gasteiger partial charge in [0.05, 0.1) is 5.69 Å². The molecule has 0 bridgehead atoms. The summed E-state index contributed by atoms with van der Waals surface area (Å²) in [5, 5.41) is 13.3. The highest BCUT2D eigenvalue weighted by atomic mass is 35.5. The third-order valence-corrected chi connectivity index (χ3v) is 2.70. The highest BCUT2D eigenvalue weighted by Crippen LogP contribution is 2.21. The molecular formula is C11H9ClN2O2. The summed E-state index contributed by atoms with van der Waals surface area (Å²) in [4.78, 5) is 10.7. The number of hydrogen-bond acceptors (Lipinski definition) is 2. The first-order valence-electron chi connectivity index (χ1n) is 4.64. The summed E-state index contributed by atoms with van der Waals surface area (Å²) in [6.07, 6.45) is 1.60. The summed E-state index contributed by atoms with van der Waals surface area (Å²) >= 11 is 5.98. The van der Waals surface area contributed by atoms with Crippen molar-refractivity contribution < 1.29 is 9.90 Å². The fourth-order valence-corrected chi connectivity index (χ4v) is 1.59. The first-order chi connectivity index (χ1) is 7.59. The lowest BCUT2D eigenvalue weighted by Gasteiger charge is -2.06. The molecule has 0 unspecified atom stereocenters. The second-order valence-electron chi connectivity index (χ2n) is 3.33. The highest BCUT2D eigenvalue weighted by Gasteiger charge is 2.09. The number of carboxylic acid groups (broad SMARTS) is 1. The highest BCUT2D eigenvalue weighted by molar-refractivity contribution is 6.31. The number of halogens is 1. The molecule has 0 aliphatic heterocycles. The first-order valence-corrected chi connectivity index (χ1v) is 5.02. The zero-order valence-corrected chi connectivity index (χ0v) is 9.27. The van der Waals surface area contributed by atoms with Gasteiger partial charge >= 0.3 is 5.97 Å². The molecule has 0 aliphatic rings. The van der Waals surface area contributed by atoms with E-state index in [1.54, 1.807) is 18.3 Å². The molecule has 0 amide bonds. The maximum atomic E-state index is 10.7. The molecule has 4 nitrogen and oxygen atoms in total. The van der Waals surface area contributed by atoms with Crippen molar-refractivity contribution in [2.24, 2.45) is 0 Å². The van der Waals surface area contributed by atoms with Crippen LogP contribution in [0.2, 0.25) is 5.02 Å². The molecule has 0 spiro atoms. The molecule has 0 saturated heterocycles. The molecule has 16 heavy (non-hydrogen) atoms. The van der Waals surface area contributed by atoms with Crippen molar-refractivity contribution in [3.8, 4) is 5.69 Å². The average molecular weight is 237 g/mol. The SMILES string of the molecule is Cc1c(Cl)cccc1-n1ccc(C(=O)O)n1. The van der Waals surface area contributed by atoms with Crippen molar-refractivity contribution in [3.63, 3.8) is 0 Å². The van der Waals surface area contributed by atoms with Gasteiger partial charge in [-0.05, 0) is 30.7 Å². The number of benzene rings is 1. The Morgan fingerprint density at radius 1 is 1.44 bits per heavy atom. The van der Waals surface area contributed by atoms with Crippen molar-refractivity contribution in [2.45, 2.75) is 6.92 Å². The number of rotatable bonds is 2. The Bertz CT molecular complexity index is 549. The van der Waals surface area contributed by atoms with Crippen LogP contribution in [0.4, 0.5) is 0 Å². The summed E-state index contributed by atoms with van der Waals surface area (Å²) in [5.41, 5.74) is 1.66. The van der Waals surface area contributed by atoms with Crippen LogP contribution >= 0.6 is 11.6 Å². The summed E-state index contributed by atoms with van der Waals surface area (Å²) in [6, 6.07) is 6.86. The Labute approximate surface area is 97.1 Å². The minimum Gasteiger partial charge on any atom is -0.476 e. The Hall–Kier alpha value is -1.81. The van der Waals surface area contributed by atoms with Gasteiger partial charge in [0, 0.05) is 11.2 Å². The Morgan fingerprint density at radius 3 is 2.81 bits per heavy atom. The first kappa shape index (κ1) is 10.7. The molecule has 0 saturated carbocycles. The van der Waals surface area contributed by atoms with Gasteiger partial charge in [-0.15, -0.1) is 0 Å².